The Labute approximate surface area is 733 Å². The minimum absolute atomic E-state index is 0.00505. The number of fused-ring (bicyclic) bond motifs is 1. The summed E-state index contributed by atoms with van der Waals surface area (Å²) < 4.78 is 34.6. The van der Waals surface area contributed by atoms with Gasteiger partial charge in [0.05, 0.1) is 120 Å². The fourth-order valence-electron chi connectivity index (χ4n) is 15.6. The molecular weight excluding hydrogens is 1680 g/mol. The zero-order valence-electron chi connectivity index (χ0n) is 72.3. The number of thioether (sulfide) groups is 1. The van der Waals surface area contributed by atoms with Crippen LogP contribution in [0.3, 0.4) is 0 Å². The van der Waals surface area contributed by atoms with Crippen LogP contribution in [0.1, 0.15) is 157 Å². The summed E-state index contributed by atoms with van der Waals surface area (Å²) in [7, 11) is 0. The van der Waals surface area contributed by atoms with Gasteiger partial charge in [-0.2, -0.15) is 11.8 Å². The van der Waals surface area contributed by atoms with Crippen molar-refractivity contribution in [3.05, 3.63) is 18.2 Å². The maximum absolute atomic E-state index is 14.6. The predicted octanol–water partition coefficient (Wildman–Crippen LogP) is -5.16. The van der Waals surface area contributed by atoms with Gasteiger partial charge < -0.3 is 138 Å². The van der Waals surface area contributed by atoms with Crippen molar-refractivity contribution in [3.63, 3.8) is 0 Å². The third kappa shape index (κ3) is 33.4. The Hall–Kier alpha value is -8.68. The van der Waals surface area contributed by atoms with Crippen LogP contribution in [0, 0.1) is 46.8 Å². The average molecular weight is 1810 g/mol. The smallest absolute Gasteiger partial charge is 0.315 e. The van der Waals surface area contributed by atoms with Crippen molar-refractivity contribution in [1.29, 1.82) is 5.41 Å². The second kappa shape index (κ2) is 53.3. The number of guanidine groups is 1. The monoisotopic (exact) mass is 1810 g/mol. The van der Waals surface area contributed by atoms with Crippen LogP contribution in [0.25, 0.3) is 0 Å². The van der Waals surface area contributed by atoms with Crippen LogP contribution >= 0.6 is 11.8 Å². The van der Waals surface area contributed by atoms with Crippen LogP contribution < -0.4 is 53.6 Å². The molecule has 22 N–H and O–H groups in total. The summed E-state index contributed by atoms with van der Waals surface area (Å²) in [6.07, 6.45) is -16.6. The first-order valence-electron chi connectivity index (χ1n) is 42.9. The van der Waals surface area contributed by atoms with Crippen LogP contribution in [0.4, 0.5) is 4.79 Å². The van der Waals surface area contributed by atoms with E-state index in [-0.39, 0.29) is 127 Å². The van der Waals surface area contributed by atoms with Crippen molar-refractivity contribution in [2.24, 2.45) is 47.2 Å². The molecular formula is C81H130N14O30S. The van der Waals surface area contributed by atoms with Gasteiger partial charge in [-0.1, -0.05) is 27.2 Å². The fraction of sp³-hybridized carbons (Fsp3) is 0.765. The van der Waals surface area contributed by atoms with Crippen LogP contribution in [0.2, 0.25) is 0 Å². The summed E-state index contributed by atoms with van der Waals surface area (Å²) in [5.74, 6) is -18.7. The number of aromatic nitrogens is 2. The number of Topliss-reactive ketones (excluding diaryl/α,β-unsaturated/α-hetero) is 6. The number of aliphatic carboxylic acids is 1. The SMILES string of the molecule is CC(=O)[C@H](CCCNC(=N)N)CC(=O)[C@@H](NC(=O)[C@H](CC(=O)O)CC(=O)C1CCCN1C(=O)[C@H](C)NC(=O)[C@H](CO)CC(=O)[C@@H](NC(=O)C(CC(=O)CNC(=O)[C@@H](CC(=O)CCC(=O)NCCOCCOCCNC(=O)CCCC[C@@H]1SC[C@@H]2NC(=O)N[C@@H]21)Cc1cnc[nH]1)C(C)C)C(C)O)C(C)O[C@H]1OC(CO)[C@H](O)[C@H](O[C@@H]2OC(CO)[C@H](O)[C@H](O)C2O)C1C. The number of carbonyl (C=O) groups excluding carboxylic acids is 14. The molecule has 5 aliphatic rings. The van der Waals surface area contributed by atoms with E-state index in [0.29, 0.717) is 23.9 Å². The number of carboxylic acids is 1. The molecule has 0 radical (unpaired) electrons. The Morgan fingerprint density at radius 3 is 1.93 bits per heavy atom. The summed E-state index contributed by atoms with van der Waals surface area (Å²) in [4.78, 5) is 211. The minimum Gasteiger partial charge on any atom is -0.481 e. The fourth-order valence-corrected chi connectivity index (χ4v) is 17.2. The van der Waals surface area contributed by atoms with E-state index in [2.05, 4.69) is 57.8 Å². The lowest BCUT2D eigenvalue weighted by molar-refractivity contribution is -0.354. The Morgan fingerprint density at radius 1 is 0.675 bits per heavy atom. The molecule has 1 aromatic rings. The molecule has 5 fully saturated rings. The zero-order valence-corrected chi connectivity index (χ0v) is 73.1. The van der Waals surface area contributed by atoms with E-state index in [1.807, 2.05) is 11.8 Å². The maximum Gasteiger partial charge on any atom is 0.315 e. The van der Waals surface area contributed by atoms with E-state index >= 15 is 0 Å². The van der Waals surface area contributed by atoms with Gasteiger partial charge in [-0.05, 0) is 72.1 Å². The molecule has 0 bridgehead atoms. The molecule has 9 amide bonds. The molecule has 24 atom stereocenters. The van der Waals surface area contributed by atoms with Gasteiger partial charge in [0.15, 0.2) is 41.7 Å². The number of aliphatic hydroxyl groups excluding tert-OH is 8. The number of carbonyl (C=O) groups is 15. The molecule has 6 heterocycles. The van der Waals surface area contributed by atoms with E-state index in [1.165, 1.54) is 40.2 Å². The van der Waals surface area contributed by atoms with Gasteiger partial charge >= 0.3 is 12.0 Å². The lowest BCUT2D eigenvalue weighted by atomic mass is 9.88. The molecule has 126 heavy (non-hydrogen) atoms. The molecule has 0 aliphatic carbocycles. The van der Waals surface area contributed by atoms with Crippen LogP contribution in [-0.4, -0.2) is 349 Å². The number of aromatic amines is 1. The van der Waals surface area contributed by atoms with Gasteiger partial charge in [-0.25, -0.2) is 9.78 Å². The highest BCUT2D eigenvalue weighted by Crippen LogP contribution is 2.36. The van der Waals surface area contributed by atoms with Crippen LogP contribution in [0.15, 0.2) is 12.5 Å². The van der Waals surface area contributed by atoms with Crippen molar-refractivity contribution in [1.82, 2.24) is 62.7 Å². The van der Waals surface area contributed by atoms with Crippen LogP contribution in [0.5, 0.6) is 0 Å². The summed E-state index contributed by atoms with van der Waals surface area (Å²) in [5.41, 5.74) is 5.91. The summed E-state index contributed by atoms with van der Waals surface area (Å²) in [6.45, 7) is 7.60. The van der Waals surface area contributed by atoms with Gasteiger partial charge in [0, 0.05) is 125 Å². The molecule has 8 unspecified atom stereocenters. The second-order valence-electron chi connectivity index (χ2n) is 33.1. The Morgan fingerprint density at radius 2 is 1.31 bits per heavy atom. The Bertz CT molecular complexity index is 3790. The van der Waals surface area contributed by atoms with Crippen molar-refractivity contribution in [3.8, 4) is 0 Å². The number of nitrogens with one attached hydrogen (secondary N) is 11. The van der Waals surface area contributed by atoms with Crippen molar-refractivity contribution in [2.75, 3.05) is 84.7 Å². The van der Waals surface area contributed by atoms with Crippen molar-refractivity contribution < 1.29 is 146 Å². The Kier molecular flexibility index (Phi) is 44.9. The lowest BCUT2D eigenvalue weighted by Crippen LogP contribution is -2.63. The number of unbranched alkanes of at least 4 members (excludes halogenated alkanes) is 1. The number of nitrogens with two attached hydrogens (primary N) is 1. The average Bonchev–Trinajstić information content (AvgIpc) is 0.833. The summed E-state index contributed by atoms with van der Waals surface area (Å²) in [6, 6.07) is -6.16. The van der Waals surface area contributed by atoms with Gasteiger partial charge in [0.2, 0.25) is 41.4 Å². The van der Waals surface area contributed by atoms with Gasteiger partial charge in [0.25, 0.3) is 0 Å². The molecule has 44 nitrogen and oxygen atoms in total. The first kappa shape index (κ1) is 106. The largest absolute Gasteiger partial charge is 0.481 e. The molecule has 5 aliphatic heterocycles. The number of hydrogen-bond acceptors (Lipinski definition) is 32. The number of amides is 9. The summed E-state index contributed by atoms with van der Waals surface area (Å²) >= 11 is 1.84. The molecule has 45 heteroatoms. The van der Waals surface area contributed by atoms with Gasteiger partial charge in [0.1, 0.15) is 66.3 Å². The highest BCUT2D eigenvalue weighted by Gasteiger charge is 2.52. The maximum atomic E-state index is 14.6. The van der Waals surface area contributed by atoms with Crippen molar-refractivity contribution >= 4 is 106 Å². The number of aliphatic hydroxyl groups is 8. The third-order valence-corrected chi connectivity index (χ3v) is 24.5. The van der Waals surface area contributed by atoms with Crippen LogP contribution in [-0.2, 0) is 102 Å². The number of imidazole rings is 1. The topological polar surface area (TPSA) is 684 Å². The predicted molar refractivity (Wildman–Crippen MR) is 444 cm³/mol. The van der Waals surface area contributed by atoms with Gasteiger partial charge in [-0.15, -0.1) is 0 Å². The first-order chi connectivity index (χ1) is 59.8. The normalized spacial score (nSPS) is 25.1. The molecule has 0 spiro atoms. The van der Waals surface area contributed by atoms with E-state index in [9.17, 15) is 118 Å². The van der Waals surface area contributed by atoms with E-state index in [1.54, 1.807) is 13.8 Å². The van der Waals surface area contributed by atoms with E-state index in [4.69, 9.17) is 39.6 Å². The zero-order chi connectivity index (χ0) is 93.2. The number of ether oxygens (including phenoxy) is 6. The summed E-state index contributed by atoms with van der Waals surface area (Å²) in [5, 5.41) is 126. The number of H-pyrrole nitrogens is 1. The second-order valence-corrected chi connectivity index (χ2v) is 34.4. The first-order valence-corrected chi connectivity index (χ1v) is 43.9. The van der Waals surface area contributed by atoms with Gasteiger partial charge in [-0.3, -0.25) is 72.5 Å². The number of urea groups is 1. The lowest BCUT2D eigenvalue weighted by Gasteiger charge is -2.47. The Balaban J connectivity index is 0.974. The molecule has 0 saturated carbocycles. The number of rotatable bonds is 59. The highest BCUT2D eigenvalue weighted by molar-refractivity contribution is 8.00. The molecule has 710 valence electrons. The highest BCUT2D eigenvalue weighted by atomic mass is 32.2. The van der Waals surface area contributed by atoms with Crippen molar-refractivity contribution in [2.45, 2.75) is 267 Å². The number of ketones is 6. The standard InChI is InChI=1S/C81H130N14O30S/c1-40(2)53(32-52(102)34-88-73(114)47(26-50-33-84-39-89-50)27-51(101)16-17-63(107)86-20-23-121-25-24-120-22-19-85-62(106)15-9-8-14-61-67-54(38-126-61)91-81(119)94-67)76(117)92-65(44(6)100)57(104)30-49(35-96)75(116)90-42(4)77(118)95-21-11-13-55(95)56(103)29-48(31-64(108)109)74(115)93-66(58(105)28-46(43(5)99)12-10-18-87-80(82)83)45(7)122-78-41(3)72(69(111)60(37-98)123-78)125-79-71(113)70(112)68(110)59(36-97)124-79/h33,39-42,44-49,53-55,59-61,65-72,78-79,96-98,100,110-113H,8-32,34-38H2,1-7H3,(H,84,89)(H,85,106)(H,86,107)(H,88,114)(H,90,116)(H,92,117)(H,93,115)(H,108,109)(H4,82,83,87)(H2,91,94,119)/t41?,42-,44?,45?,46+,47+,48-,49-,53?,54-,55?,59?,60?,61-,65-,66-,67-,68-,69-,70-,71?,72+,78-,79-/m0/s1. The number of nitrogens with zero attached hydrogens (tertiary/aromatic N) is 2. The van der Waals surface area contributed by atoms with E-state index < -0.39 is 268 Å². The van der Waals surface area contributed by atoms with E-state index in [0.717, 1.165) is 36.8 Å². The number of carboxylic acid groups (broad SMARTS) is 1. The number of hydrogen-bond donors (Lipinski definition) is 21. The molecule has 5 saturated heterocycles. The molecule has 1 aromatic heterocycles. The number of likely N-dealkylation sites (tertiary alicyclic amines) is 1. The third-order valence-electron chi connectivity index (χ3n) is 23.0. The molecule has 0 aromatic carbocycles. The molecule has 6 rings (SSSR count). The minimum atomic E-state index is -1.94. The quantitative estimate of drug-likeness (QED) is 0.0125.